The molecule has 0 amide bonds. The predicted molar refractivity (Wildman–Crippen MR) is 62.2 cm³/mol. The monoisotopic (exact) mass is 232 g/mol. The number of aryl methyl sites for hydroxylation is 1. The highest BCUT2D eigenvalue weighted by atomic mass is 16.6. The van der Waals surface area contributed by atoms with E-state index in [1.54, 1.807) is 0 Å². The lowest BCUT2D eigenvalue weighted by Crippen LogP contribution is -2.11. The molecule has 1 atom stereocenters. The topological polar surface area (TPSA) is 69.9 Å². The smallest absolute Gasteiger partial charge is 0.127 e. The van der Waals surface area contributed by atoms with Crippen LogP contribution < -0.4 is 5.73 Å². The van der Waals surface area contributed by atoms with Crippen LogP contribution in [0.25, 0.3) is 0 Å². The number of hydrogen-bond donors (Lipinski definition) is 1. The predicted octanol–water partition coefficient (Wildman–Crippen LogP) is 1.64. The fraction of sp³-hybridized carbons (Fsp3) is 0.500. The third-order valence-corrected chi connectivity index (χ3v) is 3.37. The van der Waals surface area contributed by atoms with Crippen LogP contribution >= 0.6 is 0 Å². The van der Waals surface area contributed by atoms with Crippen molar-refractivity contribution >= 4 is 0 Å². The average Bonchev–Trinajstić information content (AvgIpc) is 2.95. The van der Waals surface area contributed by atoms with Crippen LogP contribution in [-0.2, 0) is 6.54 Å². The van der Waals surface area contributed by atoms with E-state index in [1.165, 1.54) is 18.4 Å². The zero-order valence-electron chi connectivity index (χ0n) is 9.84. The van der Waals surface area contributed by atoms with Crippen LogP contribution in [-0.4, -0.2) is 14.9 Å². The minimum absolute atomic E-state index is 0.188. The first-order chi connectivity index (χ1) is 8.24. The minimum atomic E-state index is 0.188. The molecule has 5 heteroatoms. The Balaban J connectivity index is 1.74. The van der Waals surface area contributed by atoms with Gasteiger partial charge in [0.1, 0.15) is 11.4 Å². The van der Waals surface area contributed by atoms with Gasteiger partial charge < -0.3 is 10.3 Å². The maximum Gasteiger partial charge on any atom is 0.127 e. The molecule has 90 valence electrons. The van der Waals surface area contributed by atoms with Gasteiger partial charge in [0.25, 0.3) is 0 Å². The van der Waals surface area contributed by atoms with Gasteiger partial charge in [-0.1, -0.05) is 10.3 Å². The molecule has 5 nitrogen and oxygen atoms in total. The van der Waals surface area contributed by atoms with E-state index < -0.39 is 0 Å². The summed E-state index contributed by atoms with van der Waals surface area (Å²) in [6.07, 6.45) is 6.65. The first-order valence-corrected chi connectivity index (χ1v) is 5.93. The van der Waals surface area contributed by atoms with Crippen molar-refractivity contribution in [3.8, 4) is 0 Å². The first kappa shape index (κ1) is 10.5. The molecular weight excluding hydrogens is 216 g/mol. The zero-order valence-corrected chi connectivity index (χ0v) is 9.84. The third kappa shape index (κ3) is 2.10. The van der Waals surface area contributed by atoms with Gasteiger partial charge in [0, 0.05) is 18.4 Å². The average molecular weight is 232 g/mol. The SMILES string of the molecule is Cc1nonc1Cn1ccc(C(N)C2CC2)c1. The van der Waals surface area contributed by atoms with Crippen LogP contribution in [0, 0.1) is 12.8 Å². The summed E-state index contributed by atoms with van der Waals surface area (Å²) in [5, 5.41) is 7.64. The van der Waals surface area contributed by atoms with Crippen molar-refractivity contribution in [2.45, 2.75) is 32.4 Å². The Morgan fingerprint density at radius 3 is 3.00 bits per heavy atom. The maximum absolute atomic E-state index is 6.16. The molecule has 1 unspecified atom stereocenters. The van der Waals surface area contributed by atoms with E-state index in [2.05, 4.69) is 31.8 Å². The molecule has 1 aliphatic rings. The summed E-state index contributed by atoms with van der Waals surface area (Å²) >= 11 is 0. The van der Waals surface area contributed by atoms with E-state index in [-0.39, 0.29) is 6.04 Å². The van der Waals surface area contributed by atoms with Gasteiger partial charge in [-0.3, -0.25) is 0 Å². The van der Waals surface area contributed by atoms with Gasteiger partial charge in [0.05, 0.1) is 6.54 Å². The summed E-state index contributed by atoms with van der Waals surface area (Å²) in [6, 6.07) is 2.28. The van der Waals surface area contributed by atoms with E-state index in [1.807, 2.05) is 13.1 Å². The fourth-order valence-electron chi connectivity index (χ4n) is 2.05. The Morgan fingerprint density at radius 1 is 1.53 bits per heavy atom. The summed E-state index contributed by atoms with van der Waals surface area (Å²) < 4.78 is 6.76. The molecule has 2 N–H and O–H groups in total. The summed E-state index contributed by atoms with van der Waals surface area (Å²) in [6.45, 7) is 2.58. The summed E-state index contributed by atoms with van der Waals surface area (Å²) in [5.74, 6) is 0.682. The molecule has 0 aromatic carbocycles. The van der Waals surface area contributed by atoms with Gasteiger partial charge in [0.15, 0.2) is 0 Å². The first-order valence-electron chi connectivity index (χ1n) is 5.93. The molecule has 2 heterocycles. The van der Waals surface area contributed by atoms with Crippen LogP contribution in [0.4, 0.5) is 0 Å². The number of nitrogens with zero attached hydrogens (tertiary/aromatic N) is 3. The molecular formula is C12H16N4O. The van der Waals surface area contributed by atoms with Crippen LogP contribution in [0.5, 0.6) is 0 Å². The van der Waals surface area contributed by atoms with Crippen LogP contribution in [0.1, 0.15) is 35.8 Å². The van der Waals surface area contributed by atoms with Crippen molar-refractivity contribution < 1.29 is 4.63 Å². The molecule has 0 aliphatic heterocycles. The van der Waals surface area contributed by atoms with Crippen molar-refractivity contribution in [1.29, 1.82) is 0 Å². The number of rotatable bonds is 4. The van der Waals surface area contributed by atoms with Gasteiger partial charge in [0.2, 0.25) is 0 Å². The van der Waals surface area contributed by atoms with Crippen LogP contribution in [0.2, 0.25) is 0 Å². The molecule has 17 heavy (non-hydrogen) atoms. The molecule has 2 aromatic rings. The lowest BCUT2D eigenvalue weighted by atomic mass is 10.1. The summed E-state index contributed by atoms with van der Waals surface area (Å²) in [5.41, 5.74) is 9.07. The molecule has 0 radical (unpaired) electrons. The van der Waals surface area contributed by atoms with Crippen molar-refractivity contribution in [2.75, 3.05) is 0 Å². The molecule has 1 aliphatic carbocycles. The van der Waals surface area contributed by atoms with Crippen molar-refractivity contribution in [2.24, 2.45) is 11.7 Å². The zero-order chi connectivity index (χ0) is 11.8. The summed E-state index contributed by atoms with van der Waals surface area (Å²) in [7, 11) is 0. The molecule has 0 bridgehead atoms. The highest BCUT2D eigenvalue weighted by Crippen LogP contribution is 2.39. The van der Waals surface area contributed by atoms with Gasteiger partial charge in [-0.15, -0.1) is 0 Å². The molecule has 3 rings (SSSR count). The highest BCUT2D eigenvalue weighted by molar-refractivity contribution is 5.19. The Morgan fingerprint density at radius 2 is 2.35 bits per heavy atom. The second-order valence-electron chi connectivity index (χ2n) is 4.78. The third-order valence-electron chi connectivity index (χ3n) is 3.37. The molecule has 1 saturated carbocycles. The number of aromatic nitrogens is 3. The molecule has 2 aromatic heterocycles. The van der Waals surface area contributed by atoms with E-state index in [0.29, 0.717) is 12.5 Å². The second kappa shape index (κ2) is 4.00. The maximum atomic E-state index is 6.16. The van der Waals surface area contributed by atoms with Gasteiger partial charge in [-0.25, -0.2) is 4.63 Å². The second-order valence-corrected chi connectivity index (χ2v) is 4.78. The Labute approximate surface area is 99.6 Å². The Bertz CT molecular complexity index is 512. The summed E-state index contributed by atoms with van der Waals surface area (Å²) in [4.78, 5) is 0. The van der Waals surface area contributed by atoms with Crippen LogP contribution in [0.3, 0.4) is 0 Å². The highest BCUT2D eigenvalue weighted by Gasteiger charge is 2.29. The van der Waals surface area contributed by atoms with E-state index in [4.69, 9.17) is 5.73 Å². The van der Waals surface area contributed by atoms with Crippen molar-refractivity contribution in [1.82, 2.24) is 14.9 Å². The van der Waals surface area contributed by atoms with E-state index >= 15 is 0 Å². The van der Waals surface area contributed by atoms with Gasteiger partial charge in [-0.05, 0) is 37.3 Å². The van der Waals surface area contributed by atoms with E-state index in [0.717, 1.165) is 11.4 Å². The van der Waals surface area contributed by atoms with Crippen molar-refractivity contribution in [3.05, 3.63) is 35.4 Å². The van der Waals surface area contributed by atoms with Gasteiger partial charge >= 0.3 is 0 Å². The van der Waals surface area contributed by atoms with Gasteiger partial charge in [-0.2, -0.15) is 0 Å². The van der Waals surface area contributed by atoms with Crippen LogP contribution in [0.15, 0.2) is 23.1 Å². The lowest BCUT2D eigenvalue weighted by molar-refractivity contribution is 0.300. The molecule has 0 spiro atoms. The molecule has 1 fully saturated rings. The quantitative estimate of drug-likeness (QED) is 0.870. The Hall–Kier alpha value is -1.62. The fourth-order valence-corrected chi connectivity index (χ4v) is 2.05. The number of hydrogen-bond acceptors (Lipinski definition) is 4. The normalized spacial score (nSPS) is 17.3. The standard InChI is InChI=1S/C12H16N4O/c1-8-11(15-17-14-8)7-16-5-4-10(6-16)12(13)9-2-3-9/h4-6,9,12H,2-3,7,13H2,1H3. The lowest BCUT2D eigenvalue weighted by Gasteiger charge is -2.06. The minimum Gasteiger partial charge on any atom is -0.348 e. The largest absolute Gasteiger partial charge is 0.348 e. The number of nitrogens with two attached hydrogens (primary N) is 1. The Kier molecular flexibility index (Phi) is 2.48. The van der Waals surface area contributed by atoms with Crippen molar-refractivity contribution in [3.63, 3.8) is 0 Å². The molecule has 0 saturated heterocycles. The van der Waals surface area contributed by atoms with E-state index in [9.17, 15) is 0 Å².